The van der Waals surface area contributed by atoms with Crippen molar-refractivity contribution < 1.29 is 28.4 Å². The lowest BCUT2D eigenvalue weighted by atomic mass is 9.70. The number of likely N-dealkylation sites (tertiary alicyclic amines) is 1. The number of benzene rings is 2. The lowest BCUT2D eigenvalue weighted by molar-refractivity contribution is -0.384. The van der Waals surface area contributed by atoms with Crippen molar-refractivity contribution in [2.45, 2.75) is 36.8 Å². The average Bonchev–Trinajstić information content (AvgIpc) is 3.74. The minimum absolute atomic E-state index is 0.0131. The van der Waals surface area contributed by atoms with Gasteiger partial charge in [-0.25, -0.2) is 14.2 Å². The van der Waals surface area contributed by atoms with Crippen molar-refractivity contribution >= 4 is 58.2 Å². The van der Waals surface area contributed by atoms with Crippen LogP contribution in [0.3, 0.4) is 0 Å². The normalized spacial score (nSPS) is 25.7. The molecule has 1 aliphatic carbocycles. The van der Waals surface area contributed by atoms with Gasteiger partial charge >= 0.3 is 5.97 Å². The molecule has 2 aromatic carbocycles. The van der Waals surface area contributed by atoms with Crippen LogP contribution in [0, 0.1) is 27.8 Å². The van der Waals surface area contributed by atoms with Gasteiger partial charge in [0, 0.05) is 36.7 Å². The number of nitrogens with one attached hydrogen (secondary N) is 1. The van der Waals surface area contributed by atoms with Crippen LogP contribution in [0.25, 0.3) is 0 Å². The fraction of sp³-hybridized carbons (Fsp3) is 0.355. The predicted molar refractivity (Wildman–Crippen MR) is 162 cm³/mol. The van der Waals surface area contributed by atoms with Crippen molar-refractivity contribution in [3.63, 3.8) is 0 Å². The molecule has 4 atom stereocenters. The Morgan fingerprint density at radius 3 is 2.67 bits per heavy atom. The number of rotatable bonds is 6. The Morgan fingerprint density at radius 2 is 1.96 bits per heavy atom. The highest BCUT2D eigenvalue weighted by Crippen LogP contribution is 2.62. The highest BCUT2D eigenvalue weighted by Gasteiger charge is 2.70. The van der Waals surface area contributed by atoms with E-state index in [1.807, 2.05) is 4.90 Å². The van der Waals surface area contributed by atoms with Gasteiger partial charge in [0.15, 0.2) is 0 Å². The van der Waals surface area contributed by atoms with E-state index < -0.39 is 57.6 Å². The van der Waals surface area contributed by atoms with Gasteiger partial charge in [0.1, 0.15) is 28.0 Å². The molecule has 1 saturated carbocycles. The van der Waals surface area contributed by atoms with E-state index in [4.69, 9.17) is 27.9 Å². The maximum absolute atomic E-state index is 16.1. The maximum atomic E-state index is 16.1. The number of hydrogen-bond donors (Lipinski definition) is 1. The summed E-state index contributed by atoms with van der Waals surface area (Å²) in [6.07, 6.45) is 2.24. The smallest absolute Gasteiger partial charge is 0.338 e. The SMILES string of the molecule is COC(=O)c1ccc(N2CC[C@H]3[C@@H](C2=O)[C@H](c2cccc(Cl)c2F)[C@]2(C(=O)Nc4nc(Cl)ccc42)N3CC2CC2)c([N+](=O)[O-])c1. The molecule has 3 aliphatic heterocycles. The van der Waals surface area contributed by atoms with E-state index >= 15 is 4.39 Å². The summed E-state index contributed by atoms with van der Waals surface area (Å²) < 4.78 is 20.8. The Labute approximate surface area is 266 Å². The van der Waals surface area contributed by atoms with Gasteiger partial charge in [-0.1, -0.05) is 35.3 Å². The molecule has 4 heterocycles. The second-order valence-electron chi connectivity index (χ2n) is 11.8. The summed E-state index contributed by atoms with van der Waals surface area (Å²) in [5, 5.41) is 15.0. The van der Waals surface area contributed by atoms with Gasteiger partial charge in [-0.2, -0.15) is 0 Å². The number of methoxy groups -OCH3 is 1. The third-order valence-corrected chi connectivity index (χ3v) is 9.98. The summed E-state index contributed by atoms with van der Waals surface area (Å²) in [7, 11) is 1.16. The van der Waals surface area contributed by atoms with E-state index in [0.29, 0.717) is 18.5 Å². The summed E-state index contributed by atoms with van der Waals surface area (Å²) in [4.78, 5) is 60.5. The molecule has 45 heavy (non-hydrogen) atoms. The zero-order chi connectivity index (χ0) is 31.8. The fourth-order valence-electron chi connectivity index (χ4n) is 7.49. The molecule has 3 aromatic rings. The number of ether oxygens (including phenoxy) is 1. The fourth-order valence-corrected chi connectivity index (χ4v) is 7.82. The second-order valence-corrected chi connectivity index (χ2v) is 12.6. The Balaban J connectivity index is 1.44. The van der Waals surface area contributed by atoms with Crippen LogP contribution >= 0.6 is 23.2 Å². The van der Waals surface area contributed by atoms with Gasteiger partial charge in [-0.3, -0.25) is 24.6 Å². The van der Waals surface area contributed by atoms with Crippen molar-refractivity contribution in [2.24, 2.45) is 11.8 Å². The van der Waals surface area contributed by atoms with Crippen LogP contribution in [-0.4, -0.2) is 58.8 Å². The molecule has 2 amide bonds. The van der Waals surface area contributed by atoms with Gasteiger partial charge in [0.25, 0.3) is 11.6 Å². The van der Waals surface area contributed by atoms with E-state index in [1.54, 1.807) is 18.2 Å². The van der Waals surface area contributed by atoms with Crippen LogP contribution in [0.5, 0.6) is 0 Å². The molecular weight excluding hydrogens is 628 g/mol. The number of aromatic nitrogens is 1. The number of esters is 1. The zero-order valence-corrected chi connectivity index (χ0v) is 25.3. The Bertz CT molecular complexity index is 1800. The molecule has 232 valence electrons. The van der Waals surface area contributed by atoms with Crippen molar-refractivity contribution in [2.75, 3.05) is 30.4 Å². The number of nitrogens with zero attached hydrogens (tertiary/aromatic N) is 4. The highest BCUT2D eigenvalue weighted by molar-refractivity contribution is 6.31. The maximum Gasteiger partial charge on any atom is 0.338 e. The van der Waals surface area contributed by atoms with Crippen LogP contribution in [0.15, 0.2) is 48.5 Å². The van der Waals surface area contributed by atoms with Crippen LogP contribution in [0.4, 0.5) is 21.6 Å². The number of hydrogen-bond acceptors (Lipinski definition) is 8. The summed E-state index contributed by atoms with van der Waals surface area (Å²) in [5.41, 5.74) is -1.50. The van der Waals surface area contributed by atoms with Crippen LogP contribution < -0.4 is 10.2 Å². The zero-order valence-electron chi connectivity index (χ0n) is 23.8. The van der Waals surface area contributed by atoms with Crippen molar-refractivity contribution in [1.29, 1.82) is 0 Å². The first kappa shape index (κ1) is 29.6. The van der Waals surface area contributed by atoms with Crippen LogP contribution in [0.1, 0.15) is 46.7 Å². The predicted octanol–water partition coefficient (Wildman–Crippen LogP) is 5.30. The number of piperidine rings is 1. The lowest BCUT2D eigenvalue weighted by Crippen LogP contribution is -2.54. The molecule has 14 heteroatoms. The van der Waals surface area contributed by atoms with Crippen LogP contribution in [-0.2, 0) is 19.9 Å². The van der Waals surface area contributed by atoms with Gasteiger partial charge in [0.2, 0.25) is 5.91 Å². The molecule has 1 spiro atoms. The number of halogens is 3. The van der Waals surface area contributed by atoms with Crippen LogP contribution in [0.2, 0.25) is 10.2 Å². The Hall–Kier alpha value is -4.13. The van der Waals surface area contributed by atoms with Crippen molar-refractivity contribution in [1.82, 2.24) is 9.88 Å². The number of anilines is 2. The third-order valence-electron chi connectivity index (χ3n) is 9.48. The number of nitro benzene ring substituents is 1. The number of nitro groups is 1. The molecule has 0 bridgehead atoms. The molecule has 7 rings (SSSR count). The monoisotopic (exact) mass is 653 g/mol. The number of pyridine rings is 1. The van der Waals surface area contributed by atoms with Crippen molar-refractivity contribution in [3.8, 4) is 0 Å². The Morgan fingerprint density at radius 1 is 1.18 bits per heavy atom. The van der Waals surface area contributed by atoms with Gasteiger partial charge in [-0.05, 0) is 61.1 Å². The summed E-state index contributed by atoms with van der Waals surface area (Å²) in [5.74, 6) is -4.05. The van der Waals surface area contributed by atoms with Gasteiger partial charge in [0.05, 0.1) is 28.5 Å². The lowest BCUT2D eigenvalue weighted by Gasteiger charge is -2.40. The largest absolute Gasteiger partial charge is 0.465 e. The topological polar surface area (TPSA) is 135 Å². The molecule has 2 saturated heterocycles. The molecule has 1 N–H and O–H groups in total. The standard InChI is InChI=1S/C31H26Cl2FN5O6/c1-45-29(41)16-7-9-20(22(13-16)39(43)44)37-12-11-21-24(28(37)40)25(17-3-2-4-19(32)26(17)34)31(38(21)14-15-5-6-15)18-8-10-23(33)35-27(18)36-30(31)42/h2-4,7-10,13,15,21,24-25H,5-6,11-12,14H2,1H3,(H,35,36,42)/t21-,24+,25-,31+/m0/s1. The summed E-state index contributed by atoms with van der Waals surface area (Å²) in [6, 6.07) is 11.0. The number of carbonyl (C=O) groups is 3. The average molecular weight is 654 g/mol. The summed E-state index contributed by atoms with van der Waals surface area (Å²) in [6.45, 7) is 0.574. The quantitative estimate of drug-likeness (QED) is 0.164. The first-order valence-electron chi connectivity index (χ1n) is 14.4. The number of amides is 2. The molecule has 4 aliphatic rings. The molecule has 0 unspecified atom stereocenters. The number of carbonyl (C=O) groups excluding carboxylic acids is 3. The minimum atomic E-state index is -1.54. The van der Waals surface area contributed by atoms with Gasteiger partial charge in [-0.15, -0.1) is 0 Å². The first-order valence-corrected chi connectivity index (χ1v) is 15.2. The molecule has 11 nitrogen and oxygen atoms in total. The Kier molecular flexibility index (Phi) is 7.06. The molecule has 0 radical (unpaired) electrons. The van der Waals surface area contributed by atoms with E-state index in [-0.39, 0.29) is 45.3 Å². The number of fused-ring (bicyclic) bond motifs is 3. The van der Waals surface area contributed by atoms with E-state index in [2.05, 4.69) is 10.3 Å². The summed E-state index contributed by atoms with van der Waals surface area (Å²) >= 11 is 12.5. The van der Waals surface area contributed by atoms with E-state index in [0.717, 1.165) is 26.0 Å². The first-order chi connectivity index (χ1) is 21.6. The highest BCUT2D eigenvalue weighted by atomic mass is 35.5. The van der Waals surface area contributed by atoms with E-state index in [9.17, 15) is 24.5 Å². The third kappa shape index (κ3) is 4.41. The molecule has 1 aromatic heterocycles. The van der Waals surface area contributed by atoms with Crippen molar-refractivity contribution in [3.05, 3.63) is 91.3 Å². The minimum Gasteiger partial charge on any atom is -0.465 e. The second kappa shape index (κ2) is 10.7. The molecular formula is C31H26Cl2FN5O6. The van der Waals surface area contributed by atoms with Gasteiger partial charge < -0.3 is 15.0 Å². The molecule has 3 fully saturated rings. The van der Waals surface area contributed by atoms with E-state index in [1.165, 1.54) is 29.2 Å².